The van der Waals surface area contributed by atoms with E-state index in [-0.39, 0.29) is 40.7 Å². The molecule has 3 fully saturated rings. The summed E-state index contributed by atoms with van der Waals surface area (Å²) in [7, 11) is -3.73. The number of rotatable bonds is 5. The predicted molar refractivity (Wildman–Crippen MR) is 157 cm³/mol. The maximum atomic E-state index is 13.4. The average molecular weight is 588 g/mol. The number of nitrogens with one attached hydrogen (secondary N) is 1. The Kier molecular flexibility index (Phi) is 6.71. The summed E-state index contributed by atoms with van der Waals surface area (Å²) in [5.41, 5.74) is 10.9. The van der Waals surface area contributed by atoms with Gasteiger partial charge in [0.1, 0.15) is 16.8 Å². The summed E-state index contributed by atoms with van der Waals surface area (Å²) < 4.78 is 33.2. The number of nitrogens with zero attached hydrogens (tertiary/aromatic N) is 5. The van der Waals surface area contributed by atoms with Crippen molar-refractivity contribution >= 4 is 27.2 Å². The van der Waals surface area contributed by atoms with Crippen LogP contribution >= 0.6 is 0 Å². The van der Waals surface area contributed by atoms with Gasteiger partial charge in [0.2, 0.25) is 5.91 Å². The van der Waals surface area contributed by atoms with Crippen LogP contribution in [0.4, 0.5) is 5.82 Å². The zero-order valence-corrected chi connectivity index (χ0v) is 24.1. The Balaban J connectivity index is 1.25. The third-order valence-electron chi connectivity index (χ3n) is 8.77. The van der Waals surface area contributed by atoms with E-state index in [1.165, 1.54) is 4.52 Å². The monoisotopic (exact) mass is 587 g/mol. The number of benzene rings is 1. The number of ether oxygens (including phenoxy) is 1. The van der Waals surface area contributed by atoms with Gasteiger partial charge in [-0.25, -0.2) is 13.4 Å². The lowest BCUT2D eigenvalue weighted by Gasteiger charge is -2.41. The van der Waals surface area contributed by atoms with Crippen LogP contribution in [0.2, 0.25) is 0 Å². The van der Waals surface area contributed by atoms with Gasteiger partial charge in [0.15, 0.2) is 15.5 Å². The van der Waals surface area contributed by atoms with Crippen molar-refractivity contribution in [3.8, 4) is 22.4 Å². The number of sulfone groups is 1. The van der Waals surface area contributed by atoms with Crippen LogP contribution in [0.25, 0.3) is 28.0 Å². The summed E-state index contributed by atoms with van der Waals surface area (Å²) in [6.45, 7) is 1.63. The van der Waals surface area contributed by atoms with Gasteiger partial charge in [-0.15, -0.1) is 0 Å². The molecule has 0 saturated carbocycles. The van der Waals surface area contributed by atoms with Crippen molar-refractivity contribution in [3.63, 3.8) is 0 Å². The van der Waals surface area contributed by atoms with Crippen LogP contribution < -0.4 is 11.1 Å². The van der Waals surface area contributed by atoms with Crippen molar-refractivity contribution in [2.24, 2.45) is 0 Å². The molecule has 42 heavy (non-hydrogen) atoms. The Morgan fingerprint density at radius 2 is 1.81 bits per heavy atom. The molecule has 0 radical (unpaired) electrons. The molecular weight excluding hydrogens is 554 g/mol. The molecule has 7 rings (SSSR count). The van der Waals surface area contributed by atoms with E-state index >= 15 is 0 Å². The Bertz CT molecular complexity index is 1740. The maximum absolute atomic E-state index is 13.4. The number of carbonyl (C=O) groups is 1. The second-order valence-electron chi connectivity index (χ2n) is 11.5. The minimum Gasteiger partial charge on any atom is -0.382 e. The Morgan fingerprint density at radius 1 is 1.05 bits per heavy atom. The largest absolute Gasteiger partial charge is 0.382 e. The fourth-order valence-corrected chi connectivity index (χ4v) is 7.93. The van der Waals surface area contributed by atoms with Crippen molar-refractivity contribution in [1.29, 1.82) is 0 Å². The topological polar surface area (TPSA) is 145 Å². The van der Waals surface area contributed by atoms with E-state index in [2.05, 4.69) is 15.4 Å². The maximum Gasteiger partial charge on any atom is 0.242 e. The summed E-state index contributed by atoms with van der Waals surface area (Å²) in [6, 6.07) is 13.5. The van der Waals surface area contributed by atoms with Crippen molar-refractivity contribution in [3.05, 3.63) is 60.6 Å². The number of morpholine rings is 1. The van der Waals surface area contributed by atoms with E-state index in [0.29, 0.717) is 49.5 Å². The van der Waals surface area contributed by atoms with E-state index in [1.54, 1.807) is 12.4 Å². The molecule has 3 aliphatic rings. The van der Waals surface area contributed by atoms with Crippen LogP contribution in [0.5, 0.6) is 0 Å². The number of anilines is 1. The number of carbonyl (C=O) groups excluding carboxylic acids is 1. The Hall–Kier alpha value is -3.87. The molecule has 3 N–H and O–H groups in total. The van der Waals surface area contributed by atoms with E-state index < -0.39 is 9.84 Å². The first-order chi connectivity index (χ1) is 20.3. The highest BCUT2D eigenvalue weighted by molar-refractivity contribution is 7.91. The lowest BCUT2D eigenvalue weighted by atomic mass is 9.87. The van der Waals surface area contributed by atoms with Gasteiger partial charge in [0.05, 0.1) is 30.8 Å². The van der Waals surface area contributed by atoms with E-state index in [9.17, 15) is 13.2 Å². The Morgan fingerprint density at radius 3 is 2.45 bits per heavy atom. The molecule has 4 aromatic rings. The van der Waals surface area contributed by atoms with Gasteiger partial charge in [-0.2, -0.15) is 9.61 Å². The normalized spacial score (nSPS) is 24.3. The minimum atomic E-state index is -3.73. The van der Waals surface area contributed by atoms with Gasteiger partial charge >= 0.3 is 0 Å². The third kappa shape index (κ3) is 4.63. The van der Waals surface area contributed by atoms with Gasteiger partial charge in [0.25, 0.3) is 0 Å². The van der Waals surface area contributed by atoms with Gasteiger partial charge in [0, 0.05) is 53.7 Å². The highest BCUT2D eigenvalue weighted by Crippen LogP contribution is 2.45. The number of piperidine rings is 1. The second kappa shape index (κ2) is 10.4. The van der Waals surface area contributed by atoms with E-state index in [4.69, 9.17) is 15.5 Å². The number of nitrogens with two attached hydrogens (primary N) is 1. The summed E-state index contributed by atoms with van der Waals surface area (Å²) in [5.74, 6) is -0.0519. The van der Waals surface area contributed by atoms with E-state index in [1.807, 2.05) is 47.4 Å². The SMILES string of the molecule is CS(=O)(=O)c1c([C@H]2C[C@H]3CC[C@@H](C2)N3C(=O)[C@@H]2COCCN2)nc2c(-c3ccc(-c4ccccc4)nc3)cnn2c1N. The summed E-state index contributed by atoms with van der Waals surface area (Å²) >= 11 is 0. The van der Waals surface area contributed by atoms with Gasteiger partial charge in [-0.3, -0.25) is 9.78 Å². The molecule has 0 aliphatic carbocycles. The van der Waals surface area contributed by atoms with Crippen LogP contribution in [-0.2, 0) is 19.4 Å². The standard InChI is InChI=1S/C30H33N7O4S/c1-42(39,40)27-26(20-13-21-8-9-22(14-20)36(21)30(38)25-17-41-12-11-32-25)35-29-23(16-34-37(29)28(27)31)19-7-10-24(33-15-19)18-5-3-2-4-6-18/h2-7,10,15-16,20-22,25,32H,8-9,11-14,17,31H2,1H3/t20-,21+,22-,25-/m0/s1. The molecular formula is C30H33N7O4S. The fraction of sp³-hybridized carbons (Fsp3) is 0.400. The molecule has 3 saturated heterocycles. The number of pyridine rings is 1. The third-order valence-corrected chi connectivity index (χ3v) is 9.93. The van der Waals surface area contributed by atoms with Gasteiger partial charge < -0.3 is 20.7 Å². The number of hydrogen-bond acceptors (Lipinski definition) is 9. The first kappa shape index (κ1) is 27.0. The molecule has 3 aromatic heterocycles. The second-order valence-corrected chi connectivity index (χ2v) is 13.4. The molecule has 0 spiro atoms. The molecule has 218 valence electrons. The molecule has 3 aliphatic heterocycles. The lowest BCUT2D eigenvalue weighted by Crippen LogP contribution is -2.57. The smallest absolute Gasteiger partial charge is 0.242 e. The summed E-state index contributed by atoms with van der Waals surface area (Å²) in [4.78, 5) is 25.1. The van der Waals surface area contributed by atoms with Crippen LogP contribution in [0.15, 0.2) is 59.8 Å². The van der Waals surface area contributed by atoms with Gasteiger partial charge in [-0.05, 0) is 31.7 Å². The number of aromatic nitrogens is 4. The molecule has 6 heterocycles. The molecule has 11 nitrogen and oxygen atoms in total. The molecule has 2 bridgehead atoms. The number of fused-ring (bicyclic) bond motifs is 3. The summed E-state index contributed by atoms with van der Waals surface area (Å²) in [6.07, 6.45) is 7.59. The highest BCUT2D eigenvalue weighted by atomic mass is 32.2. The van der Waals surface area contributed by atoms with Crippen molar-refractivity contribution in [2.45, 2.75) is 54.6 Å². The number of amides is 1. The minimum absolute atomic E-state index is 0.00995. The van der Waals surface area contributed by atoms with E-state index in [0.717, 1.165) is 35.9 Å². The van der Waals surface area contributed by atoms with Crippen LogP contribution in [0, 0.1) is 0 Å². The molecule has 1 aromatic carbocycles. The predicted octanol–water partition coefficient (Wildman–Crippen LogP) is 2.67. The molecule has 12 heteroatoms. The zero-order chi connectivity index (χ0) is 29.0. The van der Waals surface area contributed by atoms with Crippen molar-refractivity contribution < 1.29 is 17.9 Å². The summed E-state index contributed by atoms with van der Waals surface area (Å²) in [5, 5.41) is 7.71. The number of hydrogen-bond donors (Lipinski definition) is 2. The quantitative estimate of drug-likeness (QED) is 0.360. The first-order valence-corrected chi connectivity index (χ1v) is 16.2. The molecule has 1 amide bonds. The van der Waals surface area contributed by atoms with Crippen molar-refractivity contribution in [2.75, 3.05) is 31.7 Å². The zero-order valence-electron chi connectivity index (χ0n) is 23.3. The van der Waals surface area contributed by atoms with Crippen LogP contribution in [-0.4, -0.2) is 82.9 Å². The van der Waals surface area contributed by atoms with Gasteiger partial charge in [-0.1, -0.05) is 36.4 Å². The van der Waals surface area contributed by atoms with Crippen molar-refractivity contribution in [1.82, 2.24) is 29.8 Å². The fourth-order valence-electron chi connectivity index (χ4n) is 6.88. The molecule has 0 unspecified atom stereocenters. The van der Waals surface area contributed by atoms with Crippen LogP contribution in [0.1, 0.15) is 37.3 Å². The average Bonchev–Trinajstić information content (AvgIpc) is 3.55. The highest BCUT2D eigenvalue weighted by Gasteiger charge is 2.47. The number of nitrogen functional groups attached to an aromatic ring is 1. The Labute approximate surface area is 244 Å². The first-order valence-electron chi connectivity index (χ1n) is 14.3. The molecule has 4 atom stereocenters. The van der Waals surface area contributed by atoms with Crippen LogP contribution in [0.3, 0.4) is 0 Å². The lowest BCUT2D eigenvalue weighted by molar-refractivity contribution is -0.141.